The Labute approximate surface area is 134 Å². The number of aromatic amines is 1. The van der Waals surface area contributed by atoms with Crippen molar-refractivity contribution in [1.82, 2.24) is 15.3 Å². The lowest BCUT2D eigenvalue weighted by Crippen LogP contribution is -2.28. The highest BCUT2D eigenvalue weighted by molar-refractivity contribution is 5.79. The molecule has 0 fully saturated rings. The molecular weight excluding hydrogens is 290 g/mol. The average Bonchev–Trinajstić information content (AvgIpc) is 2.99. The van der Waals surface area contributed by atoms with Crippen molar-refractivity contribution >= 4 is 16.9 Å². The number of rotatable bonds is 5. The molecule has 1 heterocycles. The first-order chi connectivity index (χ1) is 11.2. The van der Waals surface area contributed by atoms with Crippen LogP contribution in [-0.2, 0) is 11.2 Å². The van der Waals surface area contributed by atoms with Crippen molar-refractivity contribution in [2.75, 3.05) is 7.11 Å². The fourth-order valence-electron chi connectivity index (χ4n) is 2.47. The molecule has 0 spiro atoms. The summed E-state index contributed by atoms with van der Waals surface area (Å²) in [5.41, 5.74) is 2.82. The Hall–Kier alpha value is -2.82. The zero-order valence-corrected chi connectivity index (χ0v) is 13.2. The SMILES string of the molecule is COc1ccc(CC(=O)NC(C)c2nc3ccccc3[nH]2)cc1. The number of fused-ring (bicyclic) bond motifs is 1. The van der Waals surface area contributed by atoms with E-state index in [4.69, 9.17) is 4.74 Å². The van der Waals surface area contributed by atoms with Crippen LogP contribution in [0.15, 0.2) is 48.5 Å². The van der Waals surface area contributed by atoms with E-state index in [2.05, 4.69) is 15.3 Å². The third-order valence-corrected chi connectivity index (χ3v) is 3.72. The van der Waals surface area contributed by atoms with Gasteiger partial charge in [-0.1, -0.05) is 24.3 Å². The van der Waals surface area contributed by atoms with Crippen molar-refractivity contribution < 1.29 is 9.53 Å². The zero-order valence-electron chi connectivity index (χ0n) is 13.2. The molecule has 0 radical (unpaired) electrons. The molecule has 3 aromatic rings. The van der Waals surface area contributed by atoms with E-state index in [1.807, 2.05) is 55.5 Å². The van der Waals surface area contributed by atoms with Gasteiger partial charge in [0, 0.05) is 0 Å². The van der Waals surface area contributed by atoms with Gasteiger partial charge in [0.2, 0.25) is 5.91 Å². The molecule has 1 atom stereocenters. The first kappa shape index (κ1) is 15.1. The van der Waals surface area contributed by atoms with Gasteiger partial charge in [0.05, 0.1) is 30.6 Å². The molecule has 1 amide bonds. The highest BCUT2D eigenvalue weighted by Gasteiger charge is 2.13. The van der Waals surface area contributed by atoms with E-state index >= 15 is 0 Å². The van der Waals surface area contributed by atoms with Crippen molar-refractivity contribution in [3.8, 4) is 5.75 Å². The molecule has 5 heteroatoms. The Morgan fingerprint density at radius 1 is 1.22 bits per heavy atom. The van der Waals surface area contributed by atoms with Crippen LogP contribution in [0.1, 0.15) is 24.4 Å². The summed E-state index contributed by atoms with van der Waals surface area (Å²) in [7, 11) is 1.62. The number of H-pyrrole nitrogens is 1. The maximum absolute atomic E-state index is 12.2. The van der Waals surface area contributed by atoms with Crippen molar-refractivity contribution in [3.05, 3.63) is 59.9 Å². The summed E-state index contributed by atoms with van der Waals surface area (Å²) >= 11 is 0. The lowest BCUT2D eigenvalue weighted by Gasteiger charge is -2.11. The number of hydrogen-bond donors (Lipinski definition) is 2. The third kappa shape index (κ3) is 3.51. The second-order valence-electron chi connectivity index (χ2n) is 5.45. The smallest absolute Gasteiger partial charge is 0.224 e. The Morgan fingerprint density at radius 2 is 1.96 bits per heavy atom. The van der Waals surface area contributed by atoms with Crippen LogP contribution in [0.25, 0.3) is 11.0 Å². The van der Waals surface area contributed by atoms with E-state index in [-0.39, 0.29) is 11.9 Å². The van der Waals surface area contributed by atoms with E-state index in [1.165, 1.54) is 0 Å². The van der Waals surface area contributed by atoms with Crippen LogP contribution in [0.2, 0.25) is 0 Å². The Morgan fingerprint density at radius 3 is 2.65 bits per heavy atom. The first-order valence-corrected chi connectivity index (χ1v) is 7.52. The lowest BCUT2D eigenvalue weighted by molar-refractivity contribution is -0.121. The summed E-state index contributed by atoms with van der Waals surface area (Å²) in [4.78, 5) is 19.9. The molecule has 0 aliphatic carbocycles. The number of hydrogen-bond acceptors (Lipinski definition) is 3. The average molecular weight is 309 g/mol. The van der Waals surface area contributed by atoms with Gasteiger partial charge in [-0.05, 0) is 36.8 Å². The summed E-state index contributed by atoms with van der Waals surface area (Å²) in [6.45, 7) is 1.92. The number of methoxy groups -OCH3 is 1. The summed E-state index contributed by atoms with van der Waals surface area (Å²) in [5.74, 6) is 1.50. The fraction of sp³-hybridized carbons (Fsp3) is 0.222. The number of imidazole rings is 1. The second-order valence-corrected chi connectivity index (χ2v) is 5.45. The van der Waals surface area contributed by atoms with Crippen molar-refractivity contribution in [2.45, 2.75) is 19.4 Å². The summed E-state index contributed by atoms with van der Waals surface area (Å²) < 4.78 is 5.11. The number of ether oxygens (including phenoxy) is 1. The topological polar surface area (TPSA) is 67.0 Å². The first-order valence-electron chi connectivity index (χ1n) is 7.52. The van der Waals surface area contributed by atoms with Crippen LogP contribution in [0.4, 0.5) is 0 Å². The highest BCUT2D eigenvalue weighted by Crippen LogP contribution is 2.16. The molecule has 0 saturated heterocycles. The Kier molecular flexibility index (Phi) is 4.28. The predicted molar refractivity (Wildman–Crippen MR) is 89.3 cm³/mol. The van der Waals surface area contributed by atoms with Crippen LogP contribution >= 0.6 is 0 Å². The molecule has 0 aliphatic rings. The van der Waals surface area contributed by atoms with Gasteiger partial charge in [-0.2, -0.15) is 0 Å². The second kappa shape index (κ2) is 6.52. The number of amides is 1. The summed E-state index contributed by atoms with van der Waals surface area (Å²) in [5, 5.41) is 2.97. The van der Waals surface area contributed by atoms with E-state index in [9.17, 15) is 4.79 Å². The van der Waals surface area contributed by atoms with Gasteiger partial charge in [0.15, 0.2) is 0 Å². The Balaban J connectivity index is 1.64. The number of nitrogens with one attached hydrogen (secondary N) is 2. The van der Waals surface area contributed by atoms with E-state index in [1.54, 1.807) is 7.11 Å². The number of para-hydroxylation sites is 2. The predicted octanol–water partition coefficient (Wildman–Crippen LogP) is 2.99. The van der Waals surface area contributed by atoms with E-state index in [0.29, 0.717) is 6.42 Å². The number of carbonyl (C=O) groups is 1. The summed E-state index contributed by atoms with van der Waals surface area (Å²) in [6.07, 6.45) is 0.328. The summed E-state index contributed by atoms with van der Waals surface area (Å²) in [6, 6.07) is 15.1. The molecule has 2 N–H and O–H groups in total. The highest BCUT2D eigenvalue weighted by atomic mass is 16.5. The molecule has 0 saturated carbocycles. The van der Waals surface area contributed by atoms with Crippen LogP contribution < -0.4 is 10.1 Å². The number of aromatic nitrogens is 2. The standard InChI is InChI=1S/C18H19N3O2/c1-12(18-20-15-5-3-4-6-16(15)21-18)19-17(22)11-13-7-9-14(23-2)10-8-13/h3-10,12H,11H2,1-2H3,(H,19,22)(H,20,21). The molecule has 0 aliphatic heterocycles. The van der Waals surface area contributed by atoms with Crippen LogP contribution in [0.3, 0.4) is 0 Å². The minimum absolute atomic E-state index is 0.0388. The monoisotopic (exact) mass is 309 g/mol. The largest absolute Gasteiger partial charge is 0.497 e. The van der Waals surface area contributed by atoms with E-state index in [0.717, 1.165) is 28.2 Å². The maximum Gasteiger partial charge on any atom is 0.224 e. The minimum Gasteiger partial charge on any atom is -0.497 e. The van der Waals surface area contributed by atoms with Gasteiger partial charge < -0.3 is 15.0 Å². The van der Waals surface area contributed by atoms with Gasteiger partial charge in [0.25, 0.3) is 0 Å². The molecule has 2 aromatic carbocycles. The van der Waals surface area contributed by atoms with Crippen LogP contribution in [-0.4, -0.2) is 23.0 Å². The number of benzene rings is 2. The Bertz CT molecular complexity index is 776. The van der Waals surface area contributed by atoms with Crippen LogP contribution in [0.5, 0.6) is 5.75 Å². The van der Waals surface area contributed by atoms with Gasteiger partial charge in [0.1, 0.15) is 11.6 Å². The molecule has 1 aromatic heterocycles. The molecule has 3 rings (SSSR count). The van der Waals surface area contributed by atoms with Crippen molar-refractivity contribution in [2.24, 2.45) is 0 Å². The van der Waals surface area contributed by atoms with Gasteiger partial charge >= 0.3 is 0 Å². The molecular formula is C18H19N3O2. The third-order valence-electron chi connectivity index (χ3n) is 3.72. The van der Waals surface area contributed by atoms with Crippen molar-refractivity contribution in [3.63, 3.8) is 0 Å². The number of carbonyl (C=O) groups excluding carboxylic acids is 1. The molecule has 23 heavy (non-hydrogen) atoms. The fourth-order valence-corrected chi connectivity index (χ4v) is 2.47. The van der Waals surface area contributed by atoms with E-state index < -0.39 is 0 Å². The zero-order chi connectivity index (χ0) is 16.2. The minimum atomic E-state index is -0.173. The van der Waals surface area contributed by atoms with Gasteiger partial charge in [-0.15, -0.1) is 0 Å². The quantitative estimate of drug-likeness (QED) is 0.761. The molecule has 5 nitrogen and oxygen atoms in total. The molecule has 1 unspecified atom stereocenters. The number of nitrogens with zero attached hydrogens (tertiary/aromatic N) is 1. The van der Waals surface area contributed by atoms with Crippen LogP contribution in [0, 0.1) is 0 Å². The molecule has 0 bridgehead atoms. The van der Waals surface area contributed by atoms with Crippen molar-refractivity contribution in [1.29, 1.82) is 0 Å². The molecule has 118 valence electrons. The normalized spacial score (nSPS) is 12.1. The maximum atomic E-state index is 12.2. The lowest BCUT2D eigenvalue weighted by atomic mass is 10.1. The van der Waals surface area contributed by atoms with Gasteiger partial charge in [-0.3, -0.25) is 4.79 Å². The van der Waals surface area contributed by atoms with Gasteiger partial charge in [-0.25, -0.2) is 4.98 Å².